The molecule has 14 heteroatoms. The number of fused-ring (bicyclic) bond motifs is 12. The highest BCUT2D eigenvalue weighted by Crippen LogP contribution is 2.65. The average Bonchev–Trinajstić information content (AvgIpc) is 4.10. The maximum atomic E-state index is 13.7. The Hall–Kier alpha value is -6.52. The topological polar surface area (TPSA) is 209 Å². The smallest absolute Gasteiger partial charge is 0.240 e. The zero-order valence-corrected chi connectivity index (χ0v) is 33.8. The molecule has 0 spiro atoms. The van der Waals surface area contributed by atoms with E-state index in [1.54, 1.807) is 36.4 Å². The number of ether oxygens (including phenoxy) is 2. The molecule has 0 radical (unpaired) electrons. The minimum atomic E-state index is -0.876. The molecule has 14 nitrogen and oxygen atoms in total. The van der Waals surface area contributed by atoms with Crippen LogP contribution in [0.2, 0.25) is 0 Å². The second-order valence-corrected chi connectivity index (χ2v) is 17.2. The highest BCUT2D eigenvalue weighted by Gasteiger charge is 2.76. The third kappa shape index (κ3) is 5.65. The number of rotatable bonds is 10. The van der Waals surface area contributed by atoms with E-state index in [4.69, 9.17) is 26.6 Å². The number of carbonyl (C=O) groups excluding carboxylic acids is 4. The first-order valence-electron chi connectivity index (χ1n) is 21.0. The Kier molecular flexibility index (Phi) is 9.97. The lowest BCUT2D eigenvalue weighted by Crippen LogP contribution is -2.43. The second-order valence-electron chi connectivity index (χ2n) is 17.2. The monoisotopic (exact) mass is 830 g/mol. The average molecular weight is 831 g/mol. The number of benzene rings is 4. The number of imide groups is 2. The molecule has 8 atom stereocenters. The minimum Gasteiger partial charge on any atom is -0.396 e. The Labute approximate surface area is 357 Å². The lowest BCUT2D eigenvalue weighted by atomic mass is 9.65. The molecule has 6 fully saturated rings. The number of hydrogen-bond donors (Lipinski definition) is 2. The molecular formula is C48H42N6O8. The van der Waals surface area contributed by atoms with Crippen molar-refractivity contribution >= 4 is 62.2 Å². The fourth-order valence-electron chi connectivity index (χ4n) is 12.0. The van der Waals surface area contributed by atoms with Crippen LogP contribution >= 0.6 is 0 Å². The van der Waals surface area contributed by atoms with Crippen molar-refractivity contribution in [2.24, 2.45) is 23.7 Å². The van der Waals surface area contributed by atoms with Gasteiger partial charge in [-0.15, -0.1) is 0 Å². The highest BCUT2D eigenvalue weighted by atomic mass is 16.5. The number of aliphatic hydroxyl groups excluding tert-OH is 2. The van der Waals surface area contributed by atoms with Crippen molar-refractivity contribution in [2.45, 2.75) is 86.6 Å². The minimum absolute atomic E-state index is 0.137. The largest absolute Gasteiger partial charge is 0.396 e. The van der Waals surface area contributed by atoms with Crippen molar-refractivity contribution in [1.29, 1.82) is 15.8 Å². The molecule has 312 valence electrons. The number of aliphatic hydroxyl groups is 2. The molecule has 10 rings (SSSR count). The molecule has 4 aromatic carbocycles. The summed E-state index contributed by atoms with van der Waals surface area (Å²) in [6.45, 7) is 7.14. The molecule has 6 saturated heterocycles. The summed E-state index contributed by atoms with van der Waals surface area (Å²) in [4.78, 5) is 60.9. The van der Waals surface area contributed by atoms with Gasteiger partial charge in [-0.2, -0.15) is 15.8 Å². The summed E-state index contributed by atoms with van der Waals surface area (Å²) in [5.74, 6) is -3.93. The molecule has 0 saturated carbocycles. The van der Waals surface area contributed by atoms with Crippen molar-refractivity contribution in [3.8, 4) is 18.2 Å². The summed E-state index contributed by atoms with van der Waals surface area (Å²) in [5.41, 5.74) is -1.56. The van der Waals surface area contributed by atoms with E-state index in [0.29, 0.717) is 82.7 Å². The van der Waals surface area contributed by atoms with E-state index in [9.17, 15) is 34.7 Å². The van der Waals surface area contributed by atoms with Crippen LogP contribution in [0.1, 0.15) is 69.8 Å². The summed E-state index contributed by atoms with van der Waals surface area (Å²) < 4.78 is 12.8. The zero-order chi connectivity index (χ0) is 43.6. The second kappa shape index (κ2) is 15.1. The molecular weight excluding hydrogens is 789 g/mol. The normalized spacial score (nSPS) is 31.1. The van der Waals surface area contributed by atoms with Crippen LogP contribution in [0.25, 0.3) is 26.4 Å². The van der Waals surface area contributed by atoms with E-state index < -0.39 is 46.1 Å². The first kappa shape index (κ1) is 40.9. The molecule has 4 aromatic rings. The van der Waals surface area contributed by atoms with Gasteiger partial charge in [-0.05, 0) is 67.5 Å². The maximum Gasteiger partial charge on any atom is 0.240 e. The fourth-order valence-corrected chi connectivity index (χ4v) is 12.0. The third-order valence-corrected chi connectivity index (χ3v) is 14.5. The first-order valence-corrected chi connectivity index (χ1v) is 21.0. The molecule has 4 unspecified atom stereocenters. The van der Waals surface area contributed by atoms with Crippen molar-refractivity contribution in [3.05, 3.63) is 89.8 Å². The summed E-state index contributed by atoms with van der Waals surface area (Å²) in [6.07, 6.45) is 4.18. The fraction of sp³-hybridized carbons (Fsp3) is 0.417. The quantitative estimate of drug-likeness (QED) is 0.134. The summed E-state index contributed by atoms with van der Waals surface area (Å²) >= 11 is 0. The number of hydrogen-bond acceptors (Lipinski definition) is 11. The molecule has 2 N–H and O–H groups in total. The Morgan fingerprint density at radius 3 is 1.37 bits per heavy atom. The summed E-state index contributed by atoms with van der Waals surface area (Å²) in [7, 11) is 0. The Morgan fingerprint density at radius 1 is 0.581 bits per heavy atom. The lowest BCUT2D eigenvalue weighted by Gasteiger charge is -2.31. The van der Waals surface area contributed by atoms with Gasteiger partial charge in [-0.3, -0.25) is 19.2 Å². The predicted octanol–water partition coefficient (Wildman–Crippen LogP) is 6.29. The van der Waals surface area contributed by atoms with Crippen LogP contribution in [0.3, 0.4) is 0 Å². The van der Waals surface area contributed by atoms with E-state index in [2.05, 4.69) is 23.1 Å². The number of nitrogens with zero attached hydrogens (tertiary/aromatic N) is 6. The Bertz CT molecular complexity index is 2580. The van der Waals surface area contributed by atoms with Crippen LogP contribution in [-0.2, 0) is 28.7 Å². The van der Waals surface area contributed by atoms with Gasteiger partial charge in [0.2, 0.25) is 23.6 Å². The standard InChI is InChI=1S/2C24H21N3O4/c1-26-17-7-8-18(16-6-3-2-5-15(16)17)27-21(29)19-20(22(27)30)24(12-14-28)11-10-23(19,31-24)9-4-13-25;25-12-3-8-23-9-10-24(31-23,11-13-28)20-19(23)21(29)27(22(20)30)18-7-6-15(14-26)16-4-1-2-5-17(16)18/h2-3,5-8,19-20,28H,4,9-12,14H2;1-2,4-7,19-20,28H,3,8-11,13H2/t2*19-,20+,23?,24?/m11/s1. The highest BCUT2D eigenvalue weighted by molar-refractivity contribution is 6.27. The van der Waals surface area contributed by atoms with E-state index in [1.807, 2.05) is 36.4 Å². The zero-order valence-electron chi connectivity index (χ0n) is 33.8. The van der Waals surface area contributed by atoms with Crippen LogP contribution in [-0.4, -0.2) is 69.5 Å². The predicted molar refractivity (Wildman–Crippen MR) is 222 cm³/mol. The molecule has 6 aliphatic heterocycles. The molecule has 6 heterocycles. The van der Waals surface area contributed by atoms with Crippen LogP contribution in [0, 0.1) is 64.2 Å². The van der Waals surface area contributed by atoms with Crippen LogP contribution in [0.5, 0.6) is 0 Å². The van der Waals surface area contributed by atoms with Crippen molar-refractivity contribution in [2.75, 3.05) is 23.0 Å². The molecule has 6 aliphatic rings. The SMILES string of the molecule is N#CCCC12CCC(CCO)(O1)[C@@H]1C(=O)N(c3ccc(C#N)c4ccccc34)C(=O)[C@@H]12.[C-]#[N+]c1ccc(N2C(=O)[C@@H]3[C@H](C2=O)C2(CCC#N)CCC3(CCO)O2)c2ccccc12. The maximum absolute atomic E-state index is 13.7. The van der Waals surface area contributed by atoms with Crippen LogP contribution in [0.15, 0.2) is 72.8 Å². The van der Waals surface area contributed by atoms with Crippen molar-refractivity contribution in [3.63, 3.8) is 0 Å². The van der Waals surface area contributed by atoms with Gasteiger partial charge in [0.25, 0.3) is 0 Å². The molecule has 0 aliphatic carbocycles. The lowest BCUT2D eigenvalue weighted by molar-refractivity contribution is -0.134. The van der Waals surface area contributed by atoms with Crippen LogP contribution < -0.4 is 9.80 Å². The summed E-state index contributed by atoms with van der Waals surface area (Å²) in [5, 5.41) is 49.8. The van der Waals surface area contributed by atoms with Crippen molar-refractivity contribution < 1.29 is 38.9 Å². The van der Waals surface area contributed by atoms with Gasteiger partial charge in [0.15, 0.2) is 5.69 Å². The Morgan fingerprint density at radius 2 is 0.968 bits per heavy atom. The van der Waals surface area contributed by atoms with Gasteiger partial charge in [0.1, 0.15) is 0 Å². The van der Waals surface area contributed by atoms with E-state index >= 15 is 0 Å². The number of carbonyl (C=O) groups is 4. The van der Waals surface area contributed by atoms with Gasteiger partial charge >= 0.3 is 0 Å². The van der Waals surface area contributed by atoms with Crippen molar-refractivity contribution in [1.82, 2.24) is 0 Å². The summed E-state index contributed by atoms with van der Waals surface area (Å²) in [6, 6.07) is 27.5. The van der Waals surface area contributed by atoms with Gasteiger partial charge in [-0.1, -0.05) is 54.6 Å². The van der Waals surface area contributed by atoms with Crippen LogP contribution in [0.4, 0.5) is 17.1 Å². The Balaban J connectivity index is 0.000000158. The van der Waals surface area contributed by atoms with Gasteiger partial charge < -0.3 is 19.7 Å². The van der Waals surface area contributed by atoms with Gasteiger partial charge in [0, 0.05) is 49.7 Å². The van der Waals surface area contributed by atoms with E-state index in [0.717, 1.165) is 0 Å². The van der Waals surface area contributed by atoms with E-state index in [1.165, 1.54) is 9.80 Å². The van der Waals surface area contributed by atoms with Gasteiger partial charge in [-0.25, -0.2) is 14.6 Å². The first-order chi connectivity index (χ1) is 30.0. The third-order valence-electron chi connectivity index (χ3n) is 14.5. The molecule has 0 aromatic heterocycles. The molecule has 4 bridgehead atoms. The number of nitriles is 3. The molecule has 62 heavy (non-hydrogen) atoms. The van der Waals surface area contributed by atoms with E-state index in [-0.39, 0.29) is 62.5 Å². The van der Waals surface area contributed by atoms with Gasteiger partial charge in [0.05, 0.1) is 87.8 Å². The number of amides is 4. The molecule has 4 amide bonds. The number of anilines is 2.